The van der Waals surface area contributed by atoms with Crippen LogP contribution in [0.2, 0.25) is 0 Å². The standard InChI is InChI=1S/C22H24N2O3S/c1-14-10-15(2)21-17(25)12-19(27-18(21)11-14)22(26)23-13-16(20-6-5-9-28-20)24-7-3-4-8-24/h5-6,9-12,16H,3-4,7-8,13H2,1-2H3,(H,23,26)/t16-/m1/s1. The third kappa shape index (κ3) is 3.75. The first kappa shape index (κ1) is 18.9. The van der Waals surface area contributed by atoms with Crippen LogP contribution in [0.1, 0.15) is 45.4 Å². The van der Waals surface area contributed by atoms with Gasteiger partial charge in [0.05, 0.1) is 11.4 Å². The zero-order chi connectivity index (χ0) is 19.7. The number of benzene rings is 1. The molecule has 1 amide bonds. The van der Waals surface area contributed by atoms with Crippen molar-refractivity contribution in [1.29, 1.82) is 0 Å². The van der Waals surface area contributed by atoms with Crippen LogP contribution in [0, 0.1) is 13.8 Å². The number of carbonyl (C=O) groups is 1. The Hall–Kier alpha value is -2.44. The summed E-state index contributed by atoms with van der Waals surface area (Å²) in [5.41, 5.74) is 2.14. The highest BCUT2D eigenvalue weighted by atomic mass is 32.1. The van der Waals surface area contributed by atoms with Crippen molar-refractivity contribution < 1.29 is 9.21 Å². The average molecular weight is 397 g/mol. The lowest BCUT2D eigenvalue weighted by atomic mass is 10.1. The fourth-order valence-electron chi connectivity index (χ4n) is 4.00. The molecule has 1 aliphatic rings. The zero-order valence-electron chi connectivity index (χ0n) is 16.2. The van der Waals surface area contributed by atoms with Gasteiger partial charge in [0, 0.05) is 17.5 Å². The summed E-state index contributed by atoms with van der Waals surface area (Å²) in [6.07, 6.45) is 2.38. The maximum absolute atomic E-state index is 12.7. The molecule has 0 unspecified atom stereocenters. The van der Waals surface area contributed by atoms with Crippen LogP contribution in [0.5, 0.6) is 0 Å². The Kier molecular flexibility index (Phi) is 5.33. The van der Waals surface area contributed by atoms with E-state index in [1.807, 2.05) is 26.0 Å². The van der Waals surface area contributed by atoms with Crippen LogP contribution in [-0.2, 0) is 0 Å². The van der Waals surface area contributed by atoms with Gasteiger partial charge in [0.1, 0.15) is 5.58 Å². The fraction of sp³-hybridized carbons (Fsp3) is 0.364. The molecule has 2 aromatic heterocycles. The van der Waals surface area contributed by atoms with Crippen LogP contribution in [0.25, 0.3) is 11.0 Å². The summed E-state index contributed by atoms with van der Waals surface area (Å²) in [4.78, 5) is 28.9. The summed E-state index contributed by atoms with van der Waals surface area (Å²) in [5, 5.41) is 5.58. The van der Waals surface area contributed by atoms with Gasteiger partial charge in [0.2, 0.25) is 0 Å². The van der Waals surface area contributed by atoms with E-state index in [0.29, 0.717) is 17.5 Å². The first-order valence-corrected chi connectivity index (χ1v) is 10.5. The molecule has 0 bridgehead atoms. The van der Waals surface area contributed by atoms with Crippen molar-refractivity contribution in [3.8, 4) is 0 Å². The number of nitrogens with zero attached hydrogens (tertiary/aromatic N) is 1. The van der Waals surface area contributed by atoms with Crippen LogP contribution in [0.15, 0.2) is 44.9 Å². The Balaban J connectivity index is 1.56. The third-order valence-corrected chi connectivity index (χ3v) is 6.28. The molecule has 0 aliphatic carbocycles. The highest BCUT2D eigenvalue weighted by Gasteiger charge is 2.25. The van der Waals surface area contributed by atoms with Crippen LogP contribution < -0.4 is 10.7 Å². The molecule has 1 saturated heterocycles. The Bertz CT molecular complexity index is 1050. The second-order valence-corrected chi connectivity index (χ2v) is 8.39. The lowest BCUT2D eigenvalue weighted by Gasteiger charge is -2.26. The normalized spacial score (nSPS) is 15.8. The molecule has 5 nitrogen and oxygen atoms in total. The molecule has 6 heteroatoms. The van der Waals surface area contributed by atoms with E-state index in [9.17, 15) is 9.59 Å². The minimum Gasteiger partial charge on any atom is -0.451 e. The van der Waals surface area contributed by atoms with E-state index >= 15 is 0 Å². The Morgan fingerprint density at radius 1 is 1.25 bits per heavy atom. The van der Waals surface area contributed by atoms with E-state index in [1.165, 1.54) is 23.8 Å². The molecule has 1 aromatic carbocycles. The lowest BCUT2D eigenvalue weighted by molar-refractivity contribution is 0.0911. The van der Waals surface area contributed by atoms with Crippen LogP contribution in [0.3, 0.4) is 0 Å². The highest BCUT2D eigenvalue weighted by molar-refractivity contribution is 7.10. The van der Waals surface area contributed by atoms with Crippen LogP contribution >= 0.6 is 11.3 Å². The SMILES string of the molecule is Cc1cc(C)c2c(=O)cc(C(=O)NC[C@H](c3cccs3)N3CCCC3)oc2c1. The summed E-state index contributed by atoms with van der Waals surface area (Å²) >= 11 is 1.71. The molecular weight excluding hydrogens is 372 g/mol. The van der Waals surface area contributed by atoms with Gasteiger partial charge in [-0.05, 0) is 68.4 Å². The number of fused-ring (bicyclic) bond motifs is 1. The number of nitrogens with one attached hydrogen (secondary N) is 1. The second kappa shape index (κ2) is 7.89. The Labute approximate surface area is 168 Å². The van der Waals surface area contributed by atoms with Gasteiger partial charge in [-0.15, -0.1) is 11.3 Å². The number of hydrogen-bond acceptors (Lipinski definition) is 5. The van der Waals surface area contributed by atoms with Crippen molar-refractivity contribution >= 4 is 28.2 Å². The summed E-state index contributed by atoms with van der Waals surface area (Å²) < 4.78 is 5.79. The molecule has 1 fully saturated rings. The van der Waals surface area contributed by atoms with Gasteiger partial charge in [-0.1, -0.05) is 12.1 Å². The summed E-state index contributed by atoms with van der Waals surface area (Å²) in [7, 11) is 0. The summed E-state index contributed by atoms with van der Waals surface area (Å²) in [6, 6.07) is 9.36. The van der Waals surface area contributed by atoms with E-state index in [4.69, 9.17) is 4.42 Å². The molecule has 0 spiro atoms. The van der Waals surface area contributed by atoms with Gasteiger partial charge in [0.25, 0.3) is 5.91 Å². The Morgan fingerprint density at radius 2 is 2.04 bits per heavy atom. The van der Waals surface area contributed by atoms with E-state index in [1.54, 1.807) is 17.4 Å². The van der Waals surface area contributed by atoms with E-state index in [-0.39, 0.29) is 23.1 Å². The lowest BCUT2D eigenvalue weighted by Crippen LogP contribution is -2.36. The number of carbonyl (C=O) groups excluding carboxylic acids is 1. The van der Waals surface area contributed by atoms with Crippen molar-refractivity contribution in [3.63, 3.8) is 0 Å². The predicted molar refractivity (Wildman–Crippen MR) is 112 cm³/mol. The second-order valence-electron chi connectivity index (χ2n) is 7.41. The van der Waals surface area contributed by atoms with E-state index in [0.717, 1.165) is 24.2 Å². The average Bonchev–Trinajstić information content (AvgIpc) is 3.35. The van der Waals surface area contributed by atoms with Crippen LogP contribution in [0.4, 0.5) is 0 Å². The molecule has 1 atom stereocenters. The third-order valence-electron chi connectivity index (χ3n) is 5.30. The molecule has 1 N–H and O–H groups in total. The molecule has 146 valence electrons. The number of aryl methyl sites for hydroxylation is 2. The number of amides is 1. The smallest absolute Gasteiger partial charge is 0.287 e. The van der Waals surface area contributed by atoms with Crippen LogP contribution in [-0.4, -0.2) is 30.4 Å². The highest BCUT2D eigenvalue weighted by Crippen LogP contribution is 2.28. The van der Waals surface area contributed by atoms with Gasteiger partial charge in [-0.2, -0.15) is 0 Å². The van der Waals surface area contributed by atoms with Gasteiger partial charge in [-0.25, -0.2) is 0 Å². The zero-order valence-corrected chi connectivity index (χ0v) is 17.0. The number of rotatable bonds is 5. The predicted octanol–water partition coefficient (Wildman–Crippen LogP) is 4.04. The molecule has 0 radical (unpaired) electrons. The number of thiophene rings is 1. The first-order chi connectivity index (χ1) is 13.5. The van der Waals surface area contributed by atoms with Gasteiger partial charge in [-0.3, -0.25) is 14.5 Å². The monoisotopic (exact) mass is 396 g/mol. The number of likely N-dealkylation sites (tertiary alicyclic amines) is 1. The first-order valence-electron chi connectivity index (χ1n) is 9.63. The molecule has 0 saturated carbocycles. The quantitative estimate of drug-likeness (QED) is 0.707. The Morgan fingerprint density at radius 3 is 2.75 bits per heavy atom. The molecule has 1 aliphatic heterocycles. The largest absolute Gasteiger partial charge is 0.451 e. The summed E-state index contributed by atoms with van der Waals surface area (Å²) in [5.74, 6) is -0.284. The minimum absolute atomic E-state index is 0.0638. The maximum Gasteiger partial charge on any atom is 0.287 e. The van der Waals surface area contributed by atoms with Crippen molar-refractivity contribution in [2.24, 2.45) is 0 Å². The molecule has 3 aromatic rings. The fourth-order valence-corrected chi connectivity index (χ4v) is 4.86. The molecule has 28 heavy (non-hydrogen) atoms. The van der Waals surface area contributed by atoms with Crippen molar-refractivity contribution in [2.45, 2.75) is 32.7 Å². The van der Waals surface area contributed by atoms with Gasteiger partial charge < -0.3 is 9.73 Å². The van der Waals surface area contributed by atoms with Gasteiger partial charge >= 0.3 is 0 Å². The van der Waals surface area contributed by atoms with Crippen molar-refractivity contribution in [1.82, 2.24) is 10.2 Å². The summed E-state index contributed by atoms with van der Waals surface area (Å²) in [6.45, 7) is 6.41. The topological polar surface area (TPSA) is 62.6 Å². The molecule has 4 rings (SSSR count). The van der Waals surface area contributed by atoms with Crippen molar-refractivity contribution in [3.05, 3.63) is 67.7 Å². The number of hydrogen-bond donors (Lipinski definition) is 1. The van der Waals surface area contributed by atoms with Gasteiger partial charge in [0.15, 0.2) is 11.2 Å². The van der Waals surface area contributed by atoms with E-state index in [2.05, 4.69) is 21.7 Å². The maximum atomic E-state index is 12.7. The molecule has 3 heterocycles. The molecular formula is C22H24N2O3S. The minimum atomic E-state index is -0.348. The van der Waals surface area contributed by atoms with E-state index < -0.39 is 0 Å². The van der Waals surface area contributed by atoms with Crippen molar-refractivity contribution in [2.75, 3.05) is 19.6 Å².